The molecule has 3 aromatic carbocycles. The van der Waals surface area contributed by atoms with Gasteiger partial charge >= 0.3 is 6.03 Å². The zero-order chi connectivity index (χ0) is 18.6. The van der Waals surface area contributed by atoms with Gasteiger partial charge in [-0.1, -0.05) is 61.5 Å². The number of amides is 2. The molecular weight excluding hydrogens is 334 g/mol. The van der Waals surface area contributed by atoms with Gasteiger partial charge in [-0.2, -0.15) is 0 Å². The standard InChI is InChI=1S/C23H21N3O/c1-2-16-9-3-6-12-19(16)25-23(27)26-21-14-8-5-11-18(21)22-15-17-10-4-7-13-20(17)24-22/h3-15,24H,2H2,1H3,(H2,25,26,27). The minimum absolute atomic E-state index is 0.250. The maximum Gasteiger partial charge on any atom is 0.323 e. The first-order chi connectivity index (χ1) is 13.2. The average Bonchev–Trinajstić information content (AvgIpc) is 3.13. The molecule has 2 amide bonds. The second-order valence-electron chi connectivity index (χ2n) is 6.41. The van der Waals surface area contributed by atoms with E-state index in [-0.39, 0.29) is 6.03 Å². The molecule has 0 atom stereocenters. The third kappa shape index (κ3) is 3.55. The number of H-pyrrole nitrogens is 1. The molecule has 3 N–H and O–H groups in total. The van der Waals surface area contributed by atoms with Crippen molar-refractivity contribution < 1.29 is 4.79 Å². The van der Waals surface area contributed by atoms with E-state index in [1.807, 2.05) is 66.7 Å². The van der Waals surface area contributed by atoms with Crippen molar-refractivity contribution in [3.8, 4) is 11.3 Å². The number of hydrogen-bond donors (Lipinski definition) is 3. The highest BCUT2D eigenvalue weighted by Gasteiger charge is 2.11. The van der Waals surface area contributed by atoms with Crippen LogP contribution in [0.3, 0.4) is 0 Å². The molecule has 0 saturated heterocycles. The zero-order valence-corrected chi connectivity index (χ0v) is 15.1. The Morgan fingerprint density at radius 2 is 1.52 bits per heavy atom. The number of benzene rings is 3. The van der Waals surface area contributed by atoms with E-state index >= 15 is 0 Å². The van der Waals surface area contributed by atoms with Gasteiger partial charge in [0.15, 0.2) is 0 Å². The van der Waals surface area contributed by atoms with Crippen LogP contribution in [0.5, 0.6) is 0 Å². The van der Waals surface area contributed by atoms with Gasteiger partial charge in [0.25, 0.3) is 0 Å². The lowest BCUT2D eigenvalue weighted by atomic mass is 10.1. The Morgan fingerprint density at radius 1 is 0.852 bits per heavy atom. The van der Waals surface area contributed by atoms with Crippen molar-refractivity contribution in [1.82, 2.24) is 4.98 Å². The summed E-state index contributed by atoms with van der Waals surface area (Å²) < 4.78 is 0. The third-order valence-electron chi connectivity index (χ3n) is 4.64. The number of para-hydroxylation sites is 3. The Morgan fingerprint density at radius 3 is 2.33 bits per heavy atom. The molecular formula is C23H21N3O. The zero-order valence-electron chi connectivity index (χ0n) is 15.1. The second kappa shape index (κ2) is 7.38. The highest BCUT2D eigenvalue weighted by atomic mass is 16.2. The van der Waals surface area contributed by atoms with Gasteiger partial charge in [-0.05, 0) is 36.2 Å². The molecule has 4 nitrogen and oxygen atoms in total. The normalized spacial score (nSPS) is 10.7. The van der Waals surface area contributed by atoms with Crippen molar-refractivity contribution in [3.63, 3.8) is 0 Å². The van der Waals surface area contributed by atoms with Crippen LogP contribution in [-0.2, 0) is 6.42 Å². The summed E-state index contributed by atoms with van der Waals surface area (Å²) >= 11 is 0. The minimum atomic E-state index is -0.250. The number of carbonyl (C=O) groups excluding carboxylic acids is 1. The van der Waals surface area contributed by atoms with Gasteiger partial charge in [-0.3, -0.25) is 0 Å². The Labute approximate surface area is 158 Å². The quantitative estimate of drug-likeness (QED) is 0.410. The molecule has 0 unspecified atom stereocenters. The molecule has 0 aliphatic heterocycles. The molecule has 4 rings (SSSR count). The molecule has 0 radical (unpaired) electrons. The summed E-state index contributed by atoms with van der Waals surface area (Å²) in [6.45, 7) is 2.07. The number of anilines is 2. The Kier molecular flexibility index (Phi) is 4.62. The molecule has 0 bridgehead atoms. The second-order valence-corrected chi connectivity index (χ2v) is 6.41. The van der Waals surface area contributed by atoms with Crippen LogP contribution >= 0.6 is 0 Å². The van der Waals surface area contributed by atoms with Gasteiger partial charge in [0.05, 0.1) is 5.69 Å². The molecule has 1 aromatic heterocycles. The summed E-state index contributed by atoms with van der Waals surface area (Å²) in [5.74, 6) is 0. The van der Waals surface area contributed by atoms with Gasteiger partial charge in [-0.25, -0.2) is 4.79 Å². The van der Waals surface area contributed by atoms with Gasteiger partial charge < -0.3 is 15.6 Å². The number of aromatic nitrogens is 1. The highest BCUT2D eigenvalue weighted by Crippen LogP contribution is 2.30. The SMILES string of the molecule is CCc1ccccc1NC(=O)Nc1ccccc1-c1cc2ccccc2[nH]1. The first-order valence-electron chi connectivity index (χ1n) is 9.07. The minimum Gasteiger partial charge on any atom is -0.354 e. The number of nitrogens with one attached hydrogen (secondary N) is 3. The van der Waals surface area contributed by atoms with Gasteiger partial charge in [0.1, 0.15) is 0 Å². The van der Waals surface area contributed by atoms with E-state index in [2.05, 4.69) is 34.7 Å². The van der Waals surface area contributed by atoms with Crippen molar-refractivity contribution in [2.45, 2.75) is 13.3 Å². The van der Waals surface area contributed by atoms with Crippen LogP contribution in [0.1, 0.15) is 12.5 Å². The lowest BCUT2D eigenvalue weighted by Gasteiger charge is -2.13. The van der Waals surface area contributed by atoms with E-state index < -0.39 is 0 Å². The van der Waals surface area contributed by atoms with E-state index in [9.17, 15) is 4.79 Å². The predicted octanol–water partition coefficient (Wildman–Crippen LogP) is 6.04. The molecule has 4 aromatic rings. The maximum atomic E-state index is 12.6. The number of aryl methyl sites for hydroxylation is 1. The Hall–Kier alpha value is -3.53. The lowest BCUT2D eigenvalue weighted by Crippen LogP contribution is -2.20. The number of aromatic amines is 1. The van der Waals surface area contributed by atoms with Crippen molar-refractivity contribution in [2.24, 2.45) is 0 Å². The molecule has 27 heavy (non-hydrogen) atoms. The van der Waals surface area contributed by atoms with E-state index in [0.29, 0.717) is 0 Å². The average molecular weight is 355 g/mol. The monoisotopic (exact) mass is 355 g/mol. The predicted molar refractivity (Wildman–Crippen MR) is 112 cm³/mol. The van der Waals surface area contributed by atoms with Crippen molar-refractivity contribution in [1.29, 1.82) is 0 Å². The first-order valence-corrected chi connectivity index (χ1v) is 9.07. The summed E-state index contributed by atoms with van der Waals surface area (Å²) in [5, 5.41) is 7.08. The van der Waals surface area contributed by atoms with Crippen LogP contribution in [-0.4, -0.2) is 11.0 Å². The van der Waals surface area contributed by atoms with E-state index in [1.165, 1.54) is 0 Å². The van der Waals surface area contributed by atoms with E-state index in [0.717, 1.165) is 45.5 Å². The van der Waals surface area contributed by atoms with Crippen LogP contribution in [0.4, 0.5) is 16.2 Å². The molecule has 0 aliphatic carbocycles. The summed E-state index contributed by atoms with van der Waals surface area (Å²) in [7, 11) is 0. The number of rotatable bonds is 4. The topological polar surface area (TPSA) is 56.9 Å². The fourth-order valence-electron chi connectivity index (χ4n) is 3.27. The first kappa shape index (κ1) is 16.9. The number of urea groups is 1. The number of hydrogen-bond acceptors (Lipinski definition) is 1. The molecule has 0 aliphatic rings. The summed E-state index contributed by atoms with van der Waals surface area (Å²) in [5.41, 5.74) is 5.70. The van der Waals surface area contributed by atoms with Gasteiger partial charge in [0.2, 0.25) is 0 Å². The van der Waals surface area contributed by atoms with Crippen LogP contribution in [0, 0.1) is 0 Å². The largest absolute Gasteiger partial charge is 0.354 e. The van der Waals surface area contributed by atoms with Crippen LogP contribution < -0.4 is 10.6 Å². The number of carbonyl (C=O) groups is 1. The third-order valence-corrected chi connectivity index (χ3v) is 4.64. The Bertz CT molecular complexity index is 1060. The molecule has 4 heteroatoms. The highest BCUT2D eigenvalue weighted by molar-refractivity contribution is 6.03. The van der Waals surface area contributed by atoms with Crippen molar-refractivity contribution in [2.75, 3.05) is 10.6 Å². The van der Waals surface area contributed by atoms with Gasteiger partial charge in [0, 0.05) is 27.8 Å². The summed E-state index contributed by atoms with van der Waals surface area (Å²) in [6, 6.07) is 25.6. The van der Waals surface area contributed by atoms with Crippen LogP contribution in [0.2, 0.25) is 0 Å². The van der Waals surface area contributed by atoms with E-state index in [4.69, 9.17) is 0 Å². The van der Waals surface area contributed by atoms with Crippen LogP contribution in [0.15, 0.2) is 78.9 Å². The number of fused-ring (bicyclic) bond motifs is 1. The van der Waals surface area contributed by atoms with Crippen LogP contribution in [0.25, 0.3) is 22.2 Å². The fourth-order valence-corrected chi connectivity index (χ4v) is 3.27. The smallest absolute Gasteiger partial charge is 0.323 e. The summed E-state index contributed by atoms with van der Waals surface area (Å²) in [6.07, 6.45) is 0.863. The molecule has 1 heterocycles. The van der Waals surface area contributed by atoms with Crippen molar-refractivity contribution in [3.05, 3.63) is 84.4 Å². The lowest BCUT2D eigenvalue weighted by molar-refractivity contribution is 0.262. The Balaban J connectivity index is 1.60. The maximum absolute atomic E-state index is 12.6. The molecule has 0 fully saturated rings. The summed E-state index contributed by atoms with van der Waals surface area (Å²) in [4.78, 5) is 16.0. The fraction of sp³-hybridized carbons (Fsp3) is 0.0870. The van der Waals surface area contributed by atoms with Crippen molar-refractivity contribution >= 4 is 28.3 Å². The van der Waals surface area contributed by atoms with E-state index in [1.54, 1.807) is 0 Å². The van der Waals surface area contributed by atoms with Gasteiger partial charge in [-0.15, -0.1) is 0 Å². The molecule has 0 spiro atoms. The molecule has 134 valence electrons. The molecule has 0 saturated carbocycles.